The minimum Gasteiger partial charge on any atom is -0.426 e. The van der Waals surface area contributed by atoms with Gasteiger partial charge in [0.25, 0.3) is 5.91 Å². The molecule has 1 amide bonds. The molecule has 10 heteroatoms. The van der Waals surface area contributed by atoms with Crippen molar-refractivity contribution in [3.05, 3.63) is 64.7 Å². The van der Waals surface area contributed by atoms with Gasteiger partial charge in [-0.25, -0.2) is 0 Å². The fraction of sp³-hybridized carbons (Fsp3) is 0.385. The number of nitrogens with one attached hydrogen (secondary N) is 2. The molecule has 1 heterocycles. The fourth-order valence-corrected chi connectivity index (χ4v) is 4.59. The molecule has 0 bridgehead atoms. The van der Waals surface area contributed by atoms with Crippen molar-refractivity contribution in [3.8, 4) is 5.75 Å². The molecule has 2 aromatic carbocycles. The Morgan fingerprint density at radius 3 is 2.39 bits per heavy atom. The molecule has 0 saturated carbocycles. The van der Waals surface area contributed by atoms with Gasteiger partial charge in [-0.1, -0.05) is 30.3 Å². The van der Waals surface area contributed by atoms with Crippen LogP contribution in [-0.2, 0) is 20.0 Å². The molecule has 0 aliphatic carbocycles. The number of esters is 1. The van der Waals surface area contributed by atoms with E-state index in [4.69, 9.17) is 14.2 Å². The second-order valence-electron chi connectivity index (χ2n) is 9.21. The number of aromatic nitrogens is 1. The molecular weight excluding hydrogens is 482 g/mol. The van der Waals surface area contributed by atoms with Gasteiger partial charge in [-0.15, -0.1) is 16.7 Å². The summed E-state index contributed by atoms with van der Waals surface area (Å²) in [4.78, 5) is 39.6. The van der Waals surface area contributed by atoms with Crippen molar-refractivity contribution < 1.29 is 23.8 Å². The van der Waals surface area contributed by atoms with Crippen LogP contribution in [0.3, 0.4) is 0 Å². The van der Waals surface area contributed by atoms with E-state index in [1.54, 1.807) is 58.9 Å². The van der Waals surface area contributed by atoms with E-state index in [1.807, 2.05) is 30.3 Å². The number of aromatic amines is 1. The summed E-state index contributed by atoms with van der Waals surface area (Å²) in [5, 5.41) is 6.29. The molecule has 0 radical (unpaired) electrons. The van der Waals surface area contributed by atoms with E-state index in [-0.39, 0.29) is 34.8 Å². The van der Waals surface area contributed by atoms with E-state index >= 15 is 0 Å². The number of carbonyl (C=O) groups is 2. The van der Waals surface area contributed by atoms with Crippen molar-refractivity contribution >= 4 is 40.2 Å². The molecule has 0 fully saturated rings. The topological polar surface area (TPSA) is 119 Å². The van der Waals surface area contributed by atoms with Crippen LogP contribution in [0.4, 0.5) is 5.69 Å². The van der Waals surface area contributed by atoms with E-state index in [2.05, 4.69) is 15.5 Å². The summed E-state index contributed by atoms with van der Waals surface area (Å²) in [6.45, 7) is 5.48. The van der Waals surface area contributed by atoms with Gasteiger partial charge in [-0.05, 0) is 43.6 Å². The average Bonchev–Trinajstić information content (AvgIpc) is 3.29. The van der Waals surface area contributed by atoms with Gasteiger partial charge < -0.3 is 24.5 Å². The van der Waals surface area contributed by atoms with E-state index in [0.717, 1.165) is 11.3 Å². The number of methoxy groups -OCH3 is 2. The van der Waals surface area contributed by atoms with Gasteiger partial charge in [0, 0.05) is 38.0 Å². The van der Waals surface area contributed by atoms with Crippen molar-refractivity contribution in [2.24, 2.45) is 10.6 Å². The molecule has 192 valence electrons. The number of benzene rings is 2. The Morgan fingerprint density at radius 2 is 1.78 bits per heavy atom. The maximum atomic E-state index is 13.0. The molecule has 0 aliphatic heterocycles. The van der Waals surface area contributed by atoms with Crippen LogP contribution in [0, 0.1) is 10.3 Å². The third-order valence-corrected chi connectivity index (χ3v) is 6.70. The summed E-state index contributed by atoms with van der Waals surface area (Å²) in [5.41, 5.74) is 1.10. The first kappa shape index (κ1) is 27.4. The first-order valence-electron chi connectivity index (χ1n) is 11.4. The third kappa shape index (κ3) is 6.93. The van der Waals surface area contributed by atoms with Crippen molar-refractivity contribution in [2.45, 2.75) is 38.1 Å². The van der Waals surface area contributed by atoms with E-state index in [9.17, 15) is 14.5 Å². The van der Waals surface area contributed by atoms with Crippen LogP contribution < -0.4 is 10.1 Å². The number of carbonyl (C=O) groups excluding carboxylic acids is 2. The number of ether oxygens (including phenoxy) is 3. The first-order valence-corrected chi connectivity index (χ1v) is 12.4. The van der Waals surface area contributed by atoms with Crippen LogP contribution in [0.2, 0.25) is 0 Å². The zero-order chi connectivity index (χ0) is 26.3. The van der Waals surface area contributed by atoms with Gasteiger partial charge in [0.15, 0.2) is 6.29 Å². The largest absolute Gasteiger partial charge is 0.426 e. The lowest BCUT2D eigenvalue weighted by molar-refractivity contribution is -0.142. The predicted octanol–water partition coefficient (Wildman–Crippen LogP) is 5.17. The maximum absolute atomic E-state index is 13.0. The minimum absolute atomic E-state index is 0.0402. The molecule has 3 rings (SSSR count). The Labute approximate surface area is 214 Å². The molecule has 0 saturated heterocycles. The molecule has 0 spiro atoms. The van der Waals surface area contributed by atoms with Gasteiger partial charge in [-0.2, -0.15) is 0 Å². The number of thioether (sulfide) groups is 1. The molecule has 1 aromatic heterocycles. The average molecular weight is 514 g/mol. The lowest BCUT2D eigenvalue weighted by Crippen LogP contribution is -2.39. The number of H-pyrrole nitrogens is 1. The van der Waals surface area contributed by atoms with Gasteiger partial charge >= 0.3 is 5.97 Å². The van der Waals surface area contributed by atoms with Gasteiger partial charge in [0.05, 0.1) is 16.2 Å². The van der Waals surface area contributed by atoms with Crippen LogP contribution in [0.15, 0.2) is 53.7 Å². The zero-order valence-corrected chi connectivity index (χ0v) is 21.8. The minimum atomic E-state index is -0.718. The number of amides is 1. The molecule has 36 heavy (non-hydrogen) atoms. The first-order chi connectivity index (χ1) is 17.2. The standard InChI is InChI=1S/C26H31N3O6S/c1-26(2,3)25(31)35-18-11-17-12-20(28-22(17)19(13-18)29-32)23(30)27-14-21(24(33-4)34-5)36-15-16-9-7-6-8-10-16/h6-13,21,24,28H,14-15H2,1-5H3,(H,27,30). The van der Waals surface area contributed by atoms with Crippen LogP contribution >= 0.6 is 11.8 Å². The highest BCUT2D eigenvalue weighted by Crippen LogP contribution is 2.33. The van der Waals surface area contributed by atoms with Crippen molar-refractivity contribution in [1.82, 2.24) is 10.3 Å². The van der Waals surface area contributed by atoms with E-state index in [0.29, 0.717) is 10.9 Å². The molecular formula is C26H31N3O6S. The quantitative estimate of drug-likeness (QED) is 0.157. The molecule has 9 nitrogen and oxygen atoms in total. The predicted molar refractivity (Wildman–Crippen MR) is 141 cm³/mol. The Bertz CT molecular complexity index is 1200. The smallest absolute Gasteiger partial charge is 0.316 e. The molecule has 0 aliphatic rings. The number of nitrogens with zero attached hydrogens (tertiary/aromatic N) is 1. The molecule has 3 aromatic rings. The van der Waals surface area contributed by atoms with Gasteiger partial charge in [-0.3, -0.25) is 9.59 Å². The highest BCUT2D eigenvalue weighted by atomic mass is 32.2. The van der Waals surface area contributed by atoms with Gasteiger partial charge in [0.1, 0.15) is 17.1 Å². The molecule has 1 unspecified atom stereocenters. The second kappa shape index (κ2) is 12.2. The summed E-state index contributed by atoms with van der Waals surface area (Å²) in [6.07, 6.45) is -0.521. The normalized spacial score (nSPS) is 12.5. The Morgan fingerprint density at radius 1 is 1.08 bits per heavy atom. The number of hydrogen-bond acceptors (Lipinski definition) is 8. The van der Waals surface area contributed by atoms with Crippen molar-refractivity contribution in [2.75, 3.05) is 20.8 Å². The number of nitroso groups, excluding NO2 is 1. The van der Waals surface area contributed by atoms with Gasteiger partial charge in [0.2, 0.25) is 0 Å². The Balaban J connectivity index is 1.75. The van der Waals surface area contributed by atoms with Crippen molar-refractivity contribution in [1.29, 1.82) is 0 Å². The summed E-state index contributed by atoms with van der Waals surface area (Å²) in [7, 11) is 3.11. The highest BCUT2D eigenvalue weighted by Gasteiger charge is 2.25. The number of rotatable bonds is 11. The van der Waals surface area contributed by atoms with Crippen LogP contribution in [0.25, 0.3) is 10.9 Å². The molecule has 2 N–H and O–H groups in total. The third-order valence-electron chi connectivity index (χ3n) is 5.39. The SMILES string of the molecule is COC(OC)C(CNC(=O)c1cc2cc(OC(=O)C(C)(C)C)cc(N=O)c2[nH]1)SCc1ccccc1. The van der Waals surface area contributed by atoms with Crippen LogP contribution in [0.1, 0.15) is 36.8 Å². The monoisotopic (exact) mass is 513 g/mol. The summed E-state index contributed by atoms with van der Waals surface area (Å²) < 4.78 is 16.3. The number of fused-ring (bicyclic) bond motifs is 1. The van der Waals surface area contributed by atoms with Crippen LogP contribution in [-0.4, -0.2) is 49.2 Å². The Kier molecular flexibility index (Phi) is 9.25. The van der Waals surface area contributed by atoms with E-state index < -0.39 is 17.7 Å². The Hall–Kier alpha value is -3.21. The second-order valence-corrected chi connectivity index (χ2v) is 10.4. The van der Waals surface area contributed by atoms with E-state index in [1.165, 1.54) is 6.07 Å². The molecule has 1 atom stereocenters. The maximum Gasteiger partial charge on any atom is 0.316 e. The summed E-state index contributed by atoms with van der Waals surface area (Å²) in [5.74, 6) is 0.0922. The summed E-state index contributed by atoms with van der Waals surface area (Å²) >= 11 is 1.61. The lowest BCUT2D eigenvalue weighted by Gasteiger charge is -2.24. The van der Waals surface area contributed by atoms with Crippen LogP contribution in [0.5, 0.6) is 5.75 Å². The highest BCUT2D eigenvalue weighted by molar-refractivity contribution is 7.99. The zero-order valence-electron chi connectivity index (χ0n) is 21.0. The lowest BCUT2D eigenvalue weighted by atomic mass is 9.97. The number of hydrogen-bond donors (Lipinski definition) is 2. The fourth-order valence-electron chi connectivity index (χ4n) is 3.41. The van der Waals surface area contributed by atoms with Crippen molar-refractivity contribution in [3.63, 3.8) is 0 Å². The summed E-state index contributed by atoms with van der Waals surface area (Å²) in [6, 6.07) is 14.5.